The molecule has 5 heteroatoms. The Morgan fingerprint density at radius 3 is 1.00 bits per heavy atom. The molecule has 0 aliphatic heterocycles. The predicted octanol–water partition coefficient (Wildman–Crippen LogP) is -0.505. The van der Waals surface area contributed by atoms with E-state index in [9.17, 15) is 0 Å². The van der Waals surface area contributed by atoms with Crippen molar-refractivity contribution in [2.24, 2.45) is 0 Å². The molecule has 0 saturated carbocycles. The maximum atomic E-state index is 0. The largest absolute Gasteiger partial charge is 3.00 e. The summed E-state index contributed by atoms with van der Waals surface area (Å²) in [7, 11) is 0. The summed E-state index contributed by atoms with van der Waals surface area (Å²) in [6, 6.07) is 0. The van der Waals surface area contributed by atoms with Gasteiger partial charge >= 0.3 is 115 Å². The van der Waals surface area contributed by atoms with E-state index < -0.39 is 0 Å². The maximum Gasteiger partial charge on any atom is 3.00 e. The van der Waals surface area contributed by atoms with Crippen LogP contribution >= 0.6 is 0 Å². The van der Waals surface area contributed by atoms with E-state index in [1.165, 1.54) is 0 Å². The van der Waals surface area contributed by atoms with Gasteiger partial charge in [-0.3, -0.25) is 0 Å². The van der Waals surface area contributed by atoms with Gasteiger partial charge in [0, 0.05) is 0 Å². The second kappa shape index (κ2) is 25.3. The van der Waals surface area contributed by atoms with Gasteiger partial charge in [0.2, 0.25) is 0 Å². The van der Waals surface area contributed by atoms with Crippen molar-refractivity contribution < 1.29 is 75.2 Å². The first-order chi connectivity index (χ1) is 0. The van der Waals surface area contributed by atoms with E-state index in [1.807, 2.05) is 0 Å². The molecule has 0 bridgehead atoms. The first-order valence-electron chi connectivity index (χ1n) is 0. The summed E-state index contributed by atoms with van der Waals surface area (Å²) in [5.41, 5.74) is 0. The fourth-order valence-corrected chi connectivity index (χ4v) is 0. The molecule has 5 heavy (non-hydrogen) atoms. The van der Waals surface area contributed by atoms with E-state index in [0.29, 0.717) is 0 Å². The fourth-order valence-electron chi connectivity index (χ4n) is 0. The zero-order valence-electron chi connectivity index (χ0n) is 2.42. The average Bonchev–Trinajstić information content (AvgIpc) is 0. The van der Waals surface area contributed by atoms with Gasteiger partial charge in [-0.2, -0.15) is 0 Å². The van der Waals surface area contributed by atoms with Crippen LogP contribution in [0.5, 0.6) is 0 Å². The molecule has 0 fully saturated rings. The summed E-state index contributed by atoms with van der Waals surface area (Å²) in [4.78, 5) is 0. The molecule has 19 valence electrons. The summed E-state index contributed by atoms with van der Waals surface area (Å²) < 4.78 is 0. The summed E-state index contributed by atoms with van der Waals surface area (Å²) in [6.45, 7) is 0. The van der Waals surface area contributed by atoms with Gasteiger partial charge < -0.3 is 5.48 Å². The van der Waals surface area contributed by atoms with Crippen molar-refractivity contribution in [1.82, 2.24) is 0 Å². The number of hydrogen-bond acceptors (Lipinski definition) is 0. The van der Waals surface area contributed by atoms with E-state index >= 15 is 0 Å². The first-order valence-corrected chi connectivity index (χ1v) is 0. The third kappa shape index (κ3) is 18.3. The second-order valence-corrected chi connectivity index (χ2v) is 0. The summed E-state index contributed by atoms with van der Waals surface area (Å²) >= 11 is 0. The zero-order chi connectivity index (χ0) is 0. The van der Waals surface area contributed by atoms with Crippen LogP contribution in [0.15, 0.2) is 0 Å². The molecule has 0 aromatic carbocycles. The van der Waals surface area contributed by atoms with Crippen molar-refractivity contribution in [1.29, 1.82) is 0 Å². The average molecular weight is 353 g/mol. The van der Waals surface area contributed by atoms with E-state index in [2.05, 4.69) is 0 Å². The minimum atomic E-state index is 0. The minimum absolute atomic E-state index is 0. The Bertz CT molecular complexity index is 11.6. The van der Waals surface area contributed by atoms with Crippen LogP contribution in [0.25, 0.3) is 0 Å². The Morgan fingerprint density at radius 2 is 1.00 bits per heavy atom. The Kier molecular flexibility index (Phi) is 192. The molecule has 0 aliphatic carbocycles. The molecule has 0 aliphatic rings. The van der Waals surface area contributed by atoms with Gasteiger partial charge in [-0.1, -0.05) is 0 Å². The number of hydrogen-bond donors (Lipinski definition) is 0. The van der Waals surface area contributed by atoms with Gasteiger partial charge in [-0.05, 0) is 0 Å². The van der Waals surface area contributed by atoms with Crippen molar-refractivity contribution >= 4 is 45.5 Å². The van der Waals surface area contributed by atoms with E-state index in [1.54, 1.807) is 0 Å². The Balaban J connectivity index is 0. The Hall–Kier alpha value is 3.67. The van der Waals surface area contributed by atoms with E-state index in [0.717, 1.165) is 0 Å². The minimum Gasteiger partial charge on any atom is -2.00 e. The second-order valence-electron chi connectivity index (χ2n) is 0. The van der Waals surface area contributed by atoms with Crippen LogP contribution in [0.4, 0.5) is 0 Å². The molecular formula is FeLaMnOSr+7. The Morgan fingerprint density at radius 1 is 1.00 bits per heavy atom. The maximum absolute atomic E-state index is 0. The van der Waals surface area contributed by atoms with Crippen LogP contribution in [0.1, 0.15) is 0 Å². The van der Waals surface area contributed by atoms with Crippen molar-refractivity contribution in [3.05, 3.63) is 0 Å². The smallest absolute Gasteiger partial charge is 2.00 e. The molecule has 0 saturated heterocycles. The molecule has 0 rings (SSSR count). The normalized spacial score (nSPS) is 0. The van der Waals surface area contributed by atoms with Crippen LogP contribution in [-0.4, -0.2) is 45.5 Å². The molecule has 0 aromatic rings. The molecular weight excluding hydrogens is 353 g/mol. The van der Waals surface area contributed by atoms with E-state index in [-0.39, 0.29) is 121 Å². The molecule has 0 atom stereocenters. The van der Waals surface area contributed by atoms with Gasteiger partial charge in [-0.25, -0.2) is 0 Å². The topological polar surface area (TPSA) is 28.5 Å². The van der Waals surface area contributed by atoms with Gasteiger partial charge in [-0.15, -0.1) is 0 Å². The van der Waals surface area contributed by atoms with Crippen molar-refractivity contribution in [3.8, 4) is 0 Å². The van der Waals surface area contributed by atoms with Crippen LogP contribution in [0, 0.1) is 35.6 Å². The molecule has 1 nitrogen and oxygen atoms in total. The predicted molar refractivity (Wildman–Crippen MR) is 6.44 cm³/mol. The Labute approximate surface area is 118 Å². The summed E-state index contributed by atoms with van der Waals surface area (Å²) in [6.07, 6.45) is 0. The molecule has 0 spiro atoms. The third-order valence-corrected chi connectivity index (χ3v) is 0. The van der Waals surface area contributed by atoms with Crippen molar-refractivity contribution in [2.45, 2.75) is 0 Å². The van der Waals surface area contributed by atoms with Gasteiger partial charge in [0.05, 0.1) is 0 Å². The SMILES string of the molecule is [Fe+2].[La+3].[Mn+2].[O-2].[Sr+2]. The van der Waals surface area contributed by atoms with Crippen molar-refractivity contribution in [3.63, 3.8) is 0 Å². The van der Waals surface area contributed by atoms with Crippen LogP contribution < -0.4 is 0 Å². The number of rotatable bonds is 0. The summed E-state index contributed by atoms with van der Waals surface area (Å²) in [5.74, 6) is 0. The monoisotopic (exact) mass is 354 g/mol. The first kappa shape index (κ1) is 37.8. The molecule has 0 aromatic heterocycles. The fraction of sp³-hybridized carbons (Fsp3) is 0. The standard InChI is InChI=1S/Fe.La.Mn.O.Sr/q+2;+3;+2;-2;+2. The van der Waals surface area contributed by atoms with Gasteiger partial charge in [0.1, 0.15) is 0 Å². The molecule has 0 heterocycles. The zero-order valence-corrected chi connectivity index (χ0v) is 11.8. The molecule has 0 unspecified atom stereocenters. The summed E-state index contributed by atoms with van der Waals surface area (Å²) in [5, 5.41) is 0. The van der Waals surface area contributed by atoms with Crippen LogP contribution in [-0.2, 0) is 39.6 Å². The molecule has 0 amide bonds. The third-order valence-electron chi connectivity index (χ3n) is 0. The van der Waals surface area contributed by atoms with Gasteiger partial charge in [0.25, 0.3) is 0 Å². The van der Waals surface area contributed by atoms with Gasteiger partial charge in [0.15, 0.2) is 0 Å². The quantitative estimate of drug-likeness (QED) is 0.526. The van der Waals surface area contributed by atoms with E-state index in [4.69, 9.17) is 0 Å². The molecule has 0 N–H and O–H groups in total. The van der Waals surface area contributed by atoms with Crippen LogP contribution in [0.3, 0.4) is 0 Å². The van der Waals surface area contributed by atoms with Crippen LogP contribution in [0.2, 0.25) is 0 Å². The molecule has 1 radical (unpaired) electrons. The van der Waals surface area contributed by atoms with Crippen molar-refractivity contribution in [2.75, 3.05) is 0 Å².